The zero-order chi connectivity index (χ0) is 21.2. The second-order valence-corrected chi connectivity index (χ2v) is 7.28. The first-order valence-corrected chi connectivity index (χ1v) is 9.42. The van der Waals surface area contributed by atoms with Crippen LogP contribution in [0.1, 0.15) is 17.2 Å². The fourth-order valence-corrected chi connectivity index (χ4v) is 3.76. The molecular weight excluding hydrogens is 530 g/mol. The zero-order valence-electron chi connectivity index (χ0n) is 15.8. The Morgan fingerprint density at radius 2 is 1.74 bits per heavy atom. The van der Waals surface area contributed by atoms with E-state index in [1.807, 2.05) is 4.90 Å². The summed E-state index contributed by atoms with van der Waals surface area (Å²) in [6.07, 6.45) is -4.80. The van der Waals surface area contributed by atoms with E-state index in [9.17, 15) is 28.4 Å². The van der Waals surface area contributed by atoms with Crippen LogP contribution in [0.4, 0.5) is 18.9 Å². The van der Waals surface area contributed by atoms with Gasteiger partial charge in [-0.2, -0.15) is 0 Å². The van der Waals surface area contributed by atoms with Gasteiger partial charge in [0.15, 0.2) is 0 Å². The Labute approximate surface area is 196 Å². The number of non-ortho nitro benzene ring substituents is 1. The molecule has 0 aromatic heterocycles. The first kappa shape index (κ1) is 27.2. The Bertz CT molecular complexity index is 898. The standard InChI is InChI=1S/C18H17BrF3N3O4.2ClH/c19-15-10-12(25(27)28)9-14(17(15)26)16(24-7-5-23-6-8-24)11-1-3-13(4-2-11)29-18(20,21)22;;/h1-4,9-10,16,23,26H,5-8H2;2*1H/t16-;;/m0../s1. The van der Waals surface area contributed by atoms with Gasteiger partial charge in [-0.05, 0) is 33.6 Å². The monoisotopic (exact) mass is 547 g/mol. The Morgan fingerprint density at radius 1 is 1.16 bits per heavy atom. The number of nitro benzene ring substituents is 1. The molecule has 13 heteroatoms. The maximum atomic E-state index is 12.4. The van der Waals surface area contributed by atoms with Crippen molar-refractivity contribution < 1.29 is 27.9 Å². The molecule has 7 nitrogen and oxygen atoms in total. The summed E-state index contributed by atoms with van der Waals surface area (Å²) in [4.78, 5) is 12.7. The molecule has 0 aliphatic carbocycles. The van der Waals surface area contributed by atoms with Gasteiger partial charge < -0.3 is 15.2 Å². The van der Waals surface area contributed by atoms with E-state index >= 15 is 0 Å². The molecule has 2 aromatic rings. The van der Waals surface area contributed by atoms with E-state index in [1.165, 1.54) is 36.4 Å². The lowest BCUT2D eigenvalue weighted by atomic mass is 9.95. The molecule has 1 atom stereocenters. The summed E-state index contributed by atoms with van der Waals surface area (Å²) in [6.45, 7) is 2.52. The molecule has 0 amide bonds. The number of phenols is 1. The maximum Gasteiger partial charge on any atom is 0.573 e. The van der Waals surface area contributed by atoms with E-state index in [4.69, 9.17) is 0 Å². The first-order chi connectivity index (χ1) is 13.7. The predicted octanol–water partition coefficient (Wildman–Crippen LogP) is 4.80. The van der Waals surface area contributed by atoms with Gasteiger partial charge in [-0.3, -0.25) is 15.0 Å². The summed E-state index contributed by atoms with van der Waals surface area (Å²) in [5.74, 6) is -0.528. The van der Waals surface area contributed by atoms with Crippen LogP contribution in [-0.4, -0.2) is 47.5 Å². The number of halogens is 6. The van der Waals surface area contributed by atoms with E-state index in [-0.39, 0.29) is 52.0 Å². The SMILES string of the molecule is Cl.Cl.O=[N+]([O-])c1cc(Br)c(O)c([C@H](c2ccc(OC(F)(F)F)cc2)N2CCNCC2)c1. The molecule has 2 N–H and O–H groups in total. The van der Waals surface area contributed by atoms with Crippen LogP contribution < -0.4 is 10.1 Å². The normalized spacial score (nSPS) is 15.4. The predicted molar refractivity (Wildman–Crippen MR) is 116 cm³/mol. The highest BCUT2D eigenvalue weighted by molar-refractivity contribution is 9.10. The molecule has 1 saturated heterocycles. The number of ether oxygens (including phenoxy) is 1. The summed E-state index contributed by atoms with van der Waals surface area (Å²) in [5.41, 5.74) is 0.656. The number of nitrogens with zero attached hydrogens (tertiary/aromatic N) is 2. The van der Waals surface area contributed by atoms with Crippen molar-refractivity contribution in [3.05, 3.63) is 62.1 Å². The Kier molecular flexibility index (Phi) is 9.83. The van der Waals surface area contributed by atoms with E-state index in [0.717, 1.165) is 0 Å². The van der Waals surface area contributed by atoms with E-state index in [2.05, 4.69) is 26.0 Å². The number of phenolic OH excluding ortho intramolecular Hbond substituents is 1. The average molecular weight is 549 g/mol. The number of alkyl halides is 3. The highest BCUT2D eigenvalue weighted by atomic mass is 79.9. The molecule has 1 fully saturated rings. The average Bonchev–Trinajstić information content (AvgIpc) is 2.66. The number of aromatic hydroxyl groups is 1. The smallest absolute Gasteiger partial charge is 0.506 e. The fourth-order valence-electron chi connectivity index (χ4n) is 3.30. The van der Waals surface area contributed by atoms with Crippen LogP contribution in [0.5, 0.6) is 11.5 Å². The van der Waals surface area contributed by atoms with Crippen LogP contribution in [0.3, 0.4) is 0 Å². The molecule has 172 valence electrons. The lowest BCUT2D eigenvalue weighted by Crippen LogP contribution is -2.45. The third-order valence-electron chi connectivity index (χ3n) is 4.53. The number of piperazine rings is 1. The minimum atomic E-state index is -4.80. The topological polar surface area (TPSA) is 87.9 Å². The molecule has 31 heavy (non-hydrogen) atoms. The van der Waals surface area contributed by atoms with Crippen molar-refractivity contribution in [1.29, 1.82) is 0 Å². The van der Waals surface area contributed by atoms with Crippen LogP contribution in [0, 0.1) is 10.1 Å². The third kappa shape index (κ3) is 6.84. The molecule has 1 heterocycles. The van der Waals surface area contributed by atoms with Gasteiger partial charge >= 0.3 is 6.36 Å². The van der Waals surface area contributed by atoms with Crippen LogP contribution in [-0.2, 0) is 0 Å². The largest absolute Gasteiger partial charge is 0.573 e. The number of nitro groups is 1. The summed E-state index contributed by atoms with van der Waals surface area (Å²) in [7, 11) is 0. The van der Waals surface area contributed by atoms with E-state index in [0.29, 0.717) is 31.7 Å². The highest BCUT2D eigenvalue weighted by Gasteiger charge is 2.32. The quantitative estimate of drug-likeness (QED) is 0.412. The summed E-state index contributed by atoms with van der Waals surface area (Å²) >= 11 is 3.14. The first-order valence-electron chi connectivity index (χ1n) is 8.63. The second kappa shape index (κ2) is 11.2. The lowest BCUT2D eigenvalue weighted by molar-refractivity contribution is -0.385. The van der Waals surface area contributed by atoms with Gasteiger partial charge in [-0.1, -0.05) is 12.1 Å². The molecule has 0 unspecified atom stereocenters. The maximum absolute atomic E-state index is 12.4. The van der Waals surface area contributed by atoms with Crippen LogP contribution in [0.2, 0.25) is 0 Å². The van der Waals surface area contributed by atoms with Crippen molar-refractivity contribution >= 4 is 46.4 Å². The summed E-state index contributed by atoms with van der Waals surface area (Å²) in [6, 6.07) is 7.18. The molecule has 2 aromatic carbocycles. The van der Waals surface area contributed by atoms with Gasteiger partial charge in [0.2, 0.25) is 0 Å². The minimum absolute atomic E-state index is 0. The summed E-state index contributed by atoms with van der Waals surface area (Å²) < 4.78 is 41.4. The van der Waals surface area contributed by atoms with Crippen LogP contribution >= 0.6 is 40.7 Å². The van der Waals surface area contributed by atoms with Crippen LogP contribution in [0.15, 0.2) is 40.9 Å². The van der Waals surface area contributed by atoms with Crippen molar-refractivity contribution in [2.24, 2.45) is 0 Å². The highest BCUT2D eigenvalue weighted by Crippen LogP contribution is 2.41. The molecule has 1 aliphatic rings. The zero-order valence-corrected chi connectivity index (χ0v) is 19.0. The van der Waals surface area contributed by atoms with Gasteiger partial charge in [-0.25, -0.2) is 0 Å². The van der Waals surface area contributed by atoms with Crippen molar-refractivity contribution in [3.8, 4) is 11.5 Å². The third-order valence-corrected chi connectivity index (χ3v) is 5.13. The lowest BCUT2D eigenvalue weighted by Gasteiger charge is -2.36. The molecule has 3 rings (SSSR count). The van der Waals surface area contributed by atoms with Gasteiger partial charge in [0.1, 0.15) is 11.5 Å². The second-order valence-electron chi connectivity index (χ2n) is 6.43. The molecule has 0 bridgehead atoms. The van der Waals surface area contributed by atoms with Crippen molar-refractivity contribution in [3.63, 3.8) is 0 Å². The van der Waals surface area contributed by atoms with Crippen molar-refractivity contribution in [2.75, 3.05) is 26.2 Å². The molecule has 0 radical (unpaired) electrons. The van der Waals surface area contributed by atoms with E-state index in [1.54, 1.807) is 0 Å². The number of benzene rings is 2. The van der Waals surface area contributed by atoms with Gasteiger partial charge in [-0.15, -0.1) is 38.0 Å². The summed E-state index contributed by atoms with van der Waals surface area (Å²) in [5, 5.41) is 25.1. The number of rotatable bonds is 5. The molecule has 0 spiro atoms. The van der Waals surface area contributed by atoms with Gasteiger partial charge in [0, 0.05) is 43.9 Å². The molecular formula is C18H19BrCl2F3N3O4. The fraction of sp³-hybridized carbons (Fsp3) is 0.333. The Balaban J connectivity index is 0.00000240. The Morgan fingerprint density at radius 3 is 2.26 bits per heavy atom. The number of nitrogens with one attached hydrogen (secondary N) is 1. The van der Waals surface area contributed by atoms with Gasteiger partial charge in [0.05, 0.1) is 15.4 Å². The molecule has 1 aliphatic heterocycles. The van der Waals surface area contributed by atoms with E-state index < -0.39 is 17.3 Å². The van der Waals surface area contributed by atoms with Gasteiger partial charge in [0.25, 0.3) is 5.69 Å². The minimum Gasteiger partial charge on any atom is -0.506 e. The van der Waals surface area contributed by atoms with Crippen molar-refractivity contribution in [1.82, 2.24) is 10.2 Å². The molecule has 0 saturated carbocycles. The van der Waals surface area contributed by atoms with Crippen molar-refractivity contribution in [2.45, 2.75) is 12.4 Å². The van der Waals surface area contributed by atoms with Crippen LogP contribution in [0.25, 0.3) is 0 Å². The Hall–Kier alpha value is -1.79. The number of hydrogen-bond donors (Lipinski definition) is 2. The number of hydrogen-bond acceptors (Lipinski definition) is 6.